The second kappa shape index (κ2) is 4.63. The SMILES string of the molecule is CC1=c2oc3ccc(-c4cccc(C)c4)cc3c2=CCC1. The van der Waals surface area contributed by atoms with E-state index in [0.717, 1.165) is 23.8 Å². The molecule has 1 heteroatoms. The lowest BCUT2D eigenvalue weighted by atomic mass is 10.00. The van der Waals surface area contributed by atoms with Gasteiger partial charge in [-0.05, 0) is 55.5 Å². The molecule has 0 fully saturated rings. The molecule has 0 N–H and O–H groups in total. The van der Waals surface area contributed by atoms with E-state index >= 15 is 0 Å². The van der Waals surface area contributed by atoms with Crippen molar-refractivity contribution in [2.75, 3.05) is 0 Å². The molecule has 1 aliphatic rings. The van der Waals surface area contributed by atoms with Crippen LogP contribution < -0.4 is 10.6 Å². The number of benzene rings is 2. The number of aryl methyl sites for hydroxylation is 1. The third kappa shape index (κ3) is 2.01. The van der Waals surface area contributed by atoms with E-state index in [1.54, 1.807) is 0 Å². The molecule has 4 rings (SSSR count). The molecule has 21 heavy (non-hydrogen) atoms. The van der Waals surface area contributed by atoms with Crippen LogP contribution in [0.15, 0.2) is 46.9 Å². The zero-order valence-corrected chi connectivity index (χ0v) is 12.4. The Morgan fingerprint density at radius 3 is 2.67 bits per heavy atom. The van der Waals surface area contributed by atoms with Crippen LogP contribution in [0.5, 0.6) is 0 Å². The average Bonchev–Trinajstić information content (AvgIpc) is 2.87. The van der Waals surface area contributed by atoms with E-state index in [2.05, 4.69) is 62.4 Å². The summed E-state index contributed by atoms with van der Waals surface area (Å²) in [5.74, 6) is 0. The lowest BCUT2D eigenvalue weighted by molar-refractivity contribution is 0.567. The van der Waals surface area contributed by atoms with Gasteiger partial charge in [0.05, 0.1) is 0 Å². The quantitative estimate of drug-likeness (QED) is 0.649. The van der Waals surface area contributed by atoms with Crippen LogP contribution in [0.3, 0.4) is 0 Å². The van der Waals surface area contributed by atoms with Crippen molar-refractivity contribution in [2.24, 2.45) is 0 Å². The molecule has 2 aromatic carbocycles. The molecule has 0 saturated heterocycles. The number of rotatable bonds is 1. The molecule has 1 nitrogen and oxygen atoms in total. The predicted octanol–water partition coefficient (Wildman–Crippen LogP) is 4.15. The smallest absolute Gasteiger partial charge is 0.135 e. The van der Waals surface area contributed by atoms with Crippen molar-refractivity contribution >= 4 is 22.6 Å². The van der Waals surface area contributed by atoms with Crippen LogP contribution >= 0.6 is 0 Å². The first-order valence-corrected chi connectivity index (χ1v) is 7.52. The van der Waals surface area contributed by atoms with Gasteiger partial charge >= 0.3 is 0 Å². The summed E-state index contributed by atoms with van der Waals surface area (Å²) in [6, 6.07) is 15.2. The highest BCUT2D eigenvalue weighted by Gasteiger charge is 2.10. The van der Waals surface area contributed by atoms with E-state index in [-0.39, 0.29) is 0 Å². The third-order valence-electron chi connectivity index (χ3n) is 4.33. The van der Waals surface area contributed by atoms with Crippen molar-refractivity contribution in [2.45, 2.75) is 26.7 Å². The molecule has 0 atom stereocenters. The Morgan fingerprint density at radius 2 is 1.81 bits per heavy atom. The minimum absolute atomic E-state index is 0.994. The monoisotopic (exact) mass is 274 g/mol. The van der Waals surface area contributed by atoms with Crippen molar-refractivity contribution in [3.05, 3.63) is 58.7 Å². The standard InChI is InChI=1S/C20H18O/c1-13-5-3-7-15(11-13)16-9-10-19-18(12-16)17-8-4-6-14(2)20(17)21-19/h3,5,7-12H,4,6H2,1-2H3. The first-order valence-electron chi connectivity index (χ1n) is 7.52. The van der Waals surface area contributed by atoms with Gasteiger partial charge in [-0.3, -0.25) is 0 Å². The Kier molecular flexibility index (Phi) is 2.75. The molecule has 0 radical (unpaired) electrons. The Morgan fingerprint density at radius 1 is 0.952 bits per heavy atom. The summed E-state index contributed by atoms with van der Waals surface area (Å²) in [5, 5.41) is 2.52. The van der Waals surface area contributed by atoms with E-state index in [9.17, 15) is 0 Å². The fourth-order valence-corrected chi connectivity index (χ4v) is 3.19. The molecule has 1 heterocycles. The van der Waals surface area contributed by atoms with Gasteiger partial charge in [0, 0.05) is 10.6 Å². The summed E-state index contributed by atoms with van der Waals surface area (Å²) in [6.07, 6.45) is 4.54. The summed E-state index contributed by atoms with van der Waals surface area (Å²) >= 11 is 0. The summed E-state index contributed by atoms with van der Waals surface area (Å²) in [4.78, 5) is 0. The highest BCUT2D eigenvalue weighted by Crippen LogP contribution is 2.24. The van der Waals surface area contributed by atoms with Gasteiger partial charge in [-0.2, -0.15) is 0 Å². The molecule has 0 bridgehead atoms. The first-order chi connectivity index (χ1) is 10.2. The average molecular weight is 274 g/mol. The first kappa shape index (κ1) is 12.5. The van der Waals surface area contributed by atoms with Crippen molar-refractivity contribution in [1.29, 1.82) is 0 Å². The van der Waals surface area contributed by atoms with Gasteiger partial charge in [-0.25, -0.2) is 0 Å². The number of furan rings is 1. The molecular formula is C20H18O. The van der Waals surface area contributed by atoms with Crippen LogP contribution in [0.25, 0.3) is 33.7 Å². The van der Waals surface area contributed by atoms with E-state index in [4.69, 9.17) is 4.42 Å². The van der Waals surface area contributed by atoms with Gasteiger partial charge in [0.25, 0.3) is 0 Å². The highest BCUT2D eigenvalue weighted by molar-refractivity contribution is 5.85. The van der Waals surface area contributed by atoms with E-state index in [1.807, 2.05) is 0 Å². The lowest BCUT2D eigenvalue weighted by Crippen LogP contribution is -2.24. The van der Waals surface area contributed by atoms with E-state index < -0.39 is 0 Å². The topological polar surface area (TPSA) is 13.1 Å². The van der Waals surface area contributed by atoms with Gasteiger partial charge in [-0.1, -0.05) is 42.0 Å². The van der Waals surface area contributed by atoms with Crippen LogP contribution in [0.1, 0.15) is 25.3 Å². The van der Waals surface area contributed by atoms with Crippen LogP contribution in [0.2, 0.25) is 0 Å². The molecule has 0 spiro atoms. The maximum absolute atomic E-state index is 6.05. The lowest BCUT2D eigenvalue weighted by Gasteiger charge is -2.03. The Balaban J connectivity index is 2.02. The largest absolute Gasteiger partial charge is 0.456 e. The van der Waals surface area contributed by atoms with Gasteiger partial charge < -0.3 is 4.42 Å². The van der Waals surface area contributed by atoms with Crippen molar-refractivity contribution in [1.82, 2.24) is 0 Å². The van der Waals surface area contributed by atoms with Gasteiger partial charge in [0.2, 0.25) is 0 Å². The summed E-state index contributed by atoms with van der Waals surface area (Å²) in [7, 11) is 0. The number of hydrogen-bond acceptors (Lipinski definition) is 1. The molecule has 1 aliphatic carbocycles. The Bertz CT molecular complexity index is 957. The van der Waals surface area contributed by atoms with E-state index in [0.29, 0.717) is 0 Å². The molecule has 104 valence electrons. The molecule has 1 aromatic heterocycles. The van der Waals surface area contributed by atoms with Crippen molar-refractivity contribution in [3.63, 3.8) is 0 Å². The van der Waals surface area contributed by atoms with Crippen LogP contribution in [0.4, 0.5) is 0 Å². The summed E-state index contributed by atoms with van der Waals surface area (Å²) < 4.78 is 6.05. The zero-order chi connectivity index (χ0) is 14.4. The van der Waals surface area contributed by atoms with E-state index in [1.165, 1.54) is 32.9 Å². The predicted molar refractivity (Wildman–Crippen MR) is 88.4 cm³/mol. The Hall–Kier alpha value is -2.28. The van der Waals surface area contributed by atoms with Crippen LogP contribution in [-0.2, 0) is 0 Å². The van der Waals surface area contributed by atoms with Crippen molar-refractivity contribution < 1.29 is 4.42 Å². The zero-order valence-electron chi connectivity index (χ0n) is 12.4. The number of hydrogen-bond donors (Lipinski definition) is 0. The molecule has 0 saturated carbocycles. The van der Waals surface area contributed by atoms with Gasteiger partial charge in [0.1, 0.15) is 11.0 Å². The van der Waals surface area contributed by atoms with Gasteiger partial charge in [0.15, 0.2) is 0 Å². The maximum atomic E-state index is 6.05. The fraction of sp³-hybridized carbons (Fsp3) is 0.200. The third-order valence-corrected chi connectivity index (χ3v) is 4.33. The molecule has 3 aromatic rings. The molecule has 0 unspecified atom stereocenters. The fourth-order valence-electron chi connectivity index (χ4n) is 3.19. The maximum Gasteiger partial charge on any atom is 0.135 e. The molecular weight excluding hydrogens is 256 g/mol. The molecule has 0 aliphatic heterocycles. The Labute approximate surface area is 124 Å². The summed E-state index contributed by atoms with van der Waals surface area (Å²) in [5.41, 5.74) is 7.25. The highest BCUT2D eigenvalue weighted by atomic mass is 16.3. The number of fused-ring (bicyclic) bond motifs is 3. The minimum Gasteiger partial charge on any atom is -0.456 e. The van der Waals surface area contributed by atoms with Crippen molar-refractivity contribution in [3.8, 4) is 11.1 Å². The second-order valence-corrected chi connectivity index (χ2v) is 5.95. The minimum atomic E-state index is 0.994. The molecule has 0 amide bonds. The summed E-state index contributed by atoms with van der Waals surface area (Å²) in [6.45, 7) is 4.31. The van der Waals surface area contributed by atoms with Crippen LogP contribution in [0, 0.1) is 6.92 Å². The second-order valence-electron chi connectivity index (χ2n) is 5.95. The van der Waals surface area contributed by atoms with Crippen LogP contribution in [-0.4, -0.2) is 0 Å². The normalized spacial score (nSPS) is 14.1. The van der Waals surface area contributed by atoms with Gasteiger partial charge in [-0.15, -0.1) is 0 Å².